The Morgan fingerprint density at radius 1 is 1.08 bits per heavy atom. The summed E-state index contributed by atoms with van der Waals surface area (Å²) in [6, 6.07) is 6.11. The predicted octanol–water partition coefficient (Wildman–Crippen LogP) is 1.12. The quantitative estimate of drug-likeness (QED) is 0.796. The number of carbonyl (C=O) groups excluding carboxylic acids is 2. The van der Waals surface area contributed by atoms with E-state index in [0.717, 1.165) is 25.7 Å². The van der Waals surface area contributed by atoms with Gasteiger partial charge in [-0.15, -0.1) is 0 Å². The maximum absolute atomic E-state index is 12.8. The third-order valence-electron chi connectivity index (χ3n) is 5.11. The monoisotopic (exact) mass is 380 g/mol. The maximum atomic E-state index is 12.8. The van der Waals surface area contributed by atoms with Gasteiger partial charge in [0, 0.05) is 17.6 Å². The summed E-state index contributed by atoms with van der Waals surface area (Å²) in [5.41, 5.74) is 5.57. The second-order valence-electron chi connectivity index (χ2n) is 6.97. The molecule has 1 aliphatic heterocycles. The maximum Gasteiger partial charge on any atom is 0.261 e. The topological polar surface area (TPSA) is 107 Å². The molecular weight excluding hydrogens is 356 g/mol. The van der Waals surface area contributed by atoms with Gasteiger partial charge in [-0.25, -0.2) is 8.42 Å². The molecule has 1 atom stereocenters. The standard InChI is InChI=1S/C18H24N2O5S/c19-18(22)13-5-7-16(8-6-13)25-11-17(21)20(14-3-1-2-4-14)15-9-10-26(23,24)12-15/h5-8,14-15H,1-4,9-12H2,(H2,19,22)/t15-/m1/s1. The Bertz CT molecular complexity index is 769. The summed E-state index contributed by atoms with van der Waals surface area (Å²) in [5, 5.41) is 0. The van der Waals surface area contributed by atoms with E-state index in [4.69, 9.17) is 10.5 Å². The molecule has 2 N–H and O–H groups in total. The molecule has 0 radical (unpaired) electrons. The number of benzene rings is 1. The van der Waals surface area contributed by atoms with Crippen molar-refractivity contribution in [3.8, 4) is 5.75 Å². The van der Waals surface area contributed by atoms with E-state index < -0.39 is 15.7 Å². The number of nitrogens with two attached hydrogens (primary N) is 1. The summed E-state index contributed by atoms with van der Waals surface area (Å²) >= 11 is 0. The van der Waals surface area contributed by atoms with Crippen LogP contribution in [0.5, 0.6) is 5.75 Å². The fourth-order valence-corrected chi connectivity index (χ4v) is 5.53. The highest BCUT2D eigenvalue weighted by atomic mass is 32.2. The minimum atomic E-state index is -3.06. The van der Waals surface area contributed by atoms with E-state index in [9.17, 15) is 18.0 Å². The van der Waals surface area contributed by atoms with Crippen molar-refractivity contribution in [1.82, 2.24) is 4.90 Å². The number of nitrogens with zero attached hydrogens (tertiary/aromatic N) is 1. The molecule has 2 amide bonds. The van der Waals surface area contributed by atoms with Gasteiger partial charge in [-0.1, -0.05) is 12.8 Å². The number of hydrogen-bond donors (Lipinski definition) is 1. The van der Waals surface area contributed by atoms with E-state index in [-0.39, 0.29) is 36.1 Å². The molecule has 8 heteroatoms. The molecule has 0 spiro atoms. The normalized spacial score (nSPS) is 22.2. The van der Waals surface area contributed by atoms with Gasteiger partial charge < -0.3 is 15.4 Å². The first-order valence-electron chi connectivity index (χ1n) is 8.90. The van der Waals surface area contributed by atoms with Crippen LogP contribution in [0.25, 0.3) is 0 Å². The Labute approximate surface area is 153 Å². The van der Waals surface area contributed by atoms with Gasteiger partial charge >= 0.3 is 0 Å². The lowest BCUT2D eigenvalue weighted by Gasteiger charge is -2.34. The molecule has 3 rings (SSSR count). The number of amides is 2. The average Bonchev–Trinajstić information content (AvgIpc) is 3.24. The predicted molar refractivity (Wildman–Crippen MR) is 96.6 cm³/mol. The fraction of sp³-hybridized carbons (Fsp3) is 0.556. The Morgan fingerprint density at radius 2 is 1.73 bits per heavy atom. The van der Waals surface area contributed by atoms with Gasteiger partial charge in [0.1, 0.15) is 5.75 Å². The molecule has 142 valence electrons. The molecule has 1 saturated carbocycles. The summed E-state index contributed by atoms with van der Waals surface area (Å²) in [6.45, 7) is -0.150. The van der Waals surface area contributed by atoms with Crippen LogP contribution in [-0.4, -0.2) is 55.3 Å². The molecule has 2 aliphatic rings. The lowest BCUT2D eigenvalue weighted by Crippen LogP contribution is -2.48. The zero-order chi connectivity index (χ0) is 18.7. The van der Waals surface area contributed by atoms with Gasteiger partial charge in [0.15, 0.2) is 16.4 Å². The number of primary amides is 1. The third kappa shape index (κ3) is 4.35. The Kier molecular flexibility index (Phi) is 5.50. The molecule has 0 unspecified atom stereocenters. The summed E-state index contributed by atoms with van der Waals surface area (Å²) < 4.78 is 29.2. The van der Waals surface area contributed by atoms with Crippen LogP contribution in [0.1, 0.15) is 42.5 Å². The number of carbonyl (C=O) groups is 2. The van der Waals surface area contributed by atoms with E-state index >= 15 is 0 Å². The highest BCUT2D eigenvalue weighted by molar-refractivity contribution is 7.91. The minimum Gasteiger partial charge on any atom is -0.484 e. The third-order valence-corrected chi connectivity index (χ3v) is 6.86. The molecule has 1 aromatic rings. The Morgan fingerprint density at radius 3 is 2.27 bits per heavy atom. The Balaban J connectivity index is 1.66. The zero-order valence-corrected chi connectivity index (χ0v) is 15.4. The molecular formula is C18H24N2O5S. The number of sulfone groups is 1. The molecule has 1 saturated heterocycles. The van der Waals surface area contributed by atoms with Gasteiger partial charge in [-0.3, -0.25) is 9.59 Å². The van der Waals surface area contributed by atoms with Crippen molar-refractivity contribution in [2.45, 2.75) is 44.2 Å². The van der Waals surface area contributed by atoms with Crippen LogP contribution in [0.15, 0.2) is 24.3 Å². The molecule has 1 aliphatic carbocycles. The first-order valence-corrected chi connectivity index (χ1v) is 10.7. The van der Waals surface area contributed by atoms with E-state index in [1.807, 2.05) is 0 Å². The van der Waals surface area contributed by atoms with Gasteiger partial charge in [-0.05, 0) is 43.5 Å². The van der Waals surface area contributed by atoms with Gasteiger partial charge in [0.05, 0.1) is 11.5 Å². The molecule has 1 aromatic carbocycles. The highest BCUT2D eigenvalue weighted by Gasteiger charge is 2.39. The molecule has 7 nitrogen and oxygen atoms in total. The van der Waals surface area contributed by atoms with Crippen LogP contribution in [0.2, 0.25) is 0 Å². The van der Waals surface area contributed by atoms with E-state index in [1.54, 1.807) is 29.2 Å². The van der Waals surface area contributed by atoms with Crippen LogP contribution in [-0.2, 0) is 14.6 Å². The van der Waals surface area contributed by atoms with Gasteiger partial charge in [-0.2, -0.15) is 0 Å². The summed E-state index contributed by atoms with van der Waals surface area (Å²) in [6.07, 6.45) is 4.44. The molecule has 2 fully saturated rings. The van der Waals surface area contributed by atoms with E-state index in [1.165, 1.54) is 0 Å². The lowest BCUT2D eigenvalue weighted by atomic mass is 10.1. The van der Waals surface area contributed by atoms with Crippen LogP contribution in [0.4, 0.5) is 0 Å². The first-order chi connectivity index (χ1) is 12.4. The molecule has 26 heavy (non-hydrogen) atoms. The van der Waals surface area contributed by atoms with Crippen LogP contribution >= 0.6 is 0 Å². The number of hydrogen-bond acceptors (Lipinski definition) is 5. The second-order valence-corrected chi connectivity index (χ2v) is 9.20. The first kappa shape index (κ1) is 18.7. The summed E-state index contributed by atoms with van der Waals surface area (Å²) in [7, 11) is -3.06. The van der Waals surface area contributed by atoms with Crippen molar-refractivity contribution in [3.05, 3.63) is 29.8 Å². The van der Waals surface area contributed by atoms with Crippen LogP contribution in [0.3, 0.4) is 0 Å². The van der Waals surface area contributed by atoms with Crippen LogP contribution in [0, 0.1) is 0 Å². The van der Waals surface area contributed by atoms with Crippen molar-refractivity contribution in [2.75, 3.05) is 18.1 Å². The van der Waals surface area contributed by atoms with Crippen molar-refractivity contribution in [2.24, 2.45) is 5.73 Å². The van der Waals surface area contributed by atoms with Gasteiger partial charge in [0.25, 0.3) is 5.91 Å². The highest BCUT2D eigenvalue weighted by Crippen LogP contribution is 2.29. The van der Waals surface area contributed by atoms with Crippen LogP contribution < -0.4 is 10.5 Å². The Hall–Kier alpha value is -2.09. The summed E-state index contributed by atoms with van der Waals surface area (Å²) in [4.78, 5) is 25.7. The minimum absolute atomic E-state index is 0.0442. The smallest absolute Gasteiger partial charge is 0.261 e. The zero-order valence-electron chi connectivity index (χ0n) is 14.6. The van der Waals surface area contributed by atoms with Gasteiger partial charge in [0.2, 0.25) is 5.91 Å². The largest absolute Gasteiger partial charge is 0.484 e. The fourth-order valence-electron chi connectivity index (χ4n) is 3.82. The molecule has 0 aromatic heterocycles. The number of ether oxygens (including phenoxy) is 1. The van der Waals surface area contributed by atoms with E-state index in [0.29, 0.717) is 17.7 Å². The summed E-state index contributed by atoms with van der Waals surface area (Å²) in [5.74, 6) is -0.0548. The molecule has 0 bridgehead atoms. The van der Waals surface area contributed by atoms with Crippen molar-refractivity contribution >= 4 is 21.7 Å². The second kappa shape index (κ2) is 7.65. The van der Waals surface area contributed by atoms with Crippen molar-refractivity contribution in [3.63, 3.8) is 0 Å². The SMILES string of the molecule is NC(=O)c1ccc(OCC(=O)N(C2CCCC2)[C@@H]2CCS(=O)(=O)C2)cc1. The van der Waals surface area contributed by atoms with E-state index in [2.05, 4.69) is 0 Å². The van der Waals surface area contributed by atoms with Crippen molar-refractivity contribution in [1.29, 1.82) is 0 Å². The lowest BCUT2D eigenvalue weighted by molar-refractivity contribution is -0.137. The van der Waals surface area contributed by atoms with Crippen molar-refractivity contribution < 1.29 is 22.7 Å². The number of rotatable bonds is 6. The average molecular weight is 380 g/mol. The molecule has 1 heterocycles.